The smallest absolute Gasteiger partial charge is 0.202 e. The zero-order valence-corrected chi connectivity index (χ0v) is 15.8. The quantitative estimate of drug-likeness (QED) is 0.393. The van der Waals surface area contributed by atoms with Crippen molar-refractivity contribution in [3.63, 3.8) is 0 Å². The Bertz CT molecular complexity index is 1100. The lowest BCUT2D eigenvalue weighted by atomic mass is 10.1. The van der Waals surface area contributed by atoms with Crippen LogP contribution >= 0.6 is 0 Å². The minimum Gasteiger partial charge on any atom is -0.492 e. The fourth-order valence-electron chi connectivity index (χ4n) is 3.19. The normalized spacial score (nSPS) is 10.8. The van der Waals surface area contributed by atoms with Gasteiger partial charge >= 0.3 is 0 Å². The number of aromatic nitrogens is 1. The maximum absolute atomic E-state index is 13.0. The van der Waals surface area contributed by atoms with Crippen molar-refractivity contribution in [3.8, 4) is 11.5 Å². The Kier molecular flexibility index (Phi) is 5.56. The summed E-state index contributed by atoms with van der Waals surface area (Å²) < 4.78 is 26.3. The Morgan fingerprint density at radius 3 is 2.31 bits per heavy atom. The molecule has 0 aliphatic rings. The van der Waals surface area contributed by atoms with E-state index in [1.54, 1.807) is 12.1 Å². The standard InChI is InChI=1S/C24H20FNO3/c25-18-10-12-20(13-11-18)28-15-14-26-16-22(21-8-4-5-9-23(21)26)24(27)17-29-19-6-2-1-3-7-19/h1-13,16H,14-15,17H2. The van der Waals surface area contributed by atoms with Crippen molar-refractivity contribution in [1.82, 2.24) is 4.57 Å². The number of benzene rings is 3. The van der Waals surface area contributed by atoms with Crippen LogP contribution in [-0.2, 0) is 6.54 Å². The van der Waals surface area contributed by atoms with Crippen LogP contribution in [-0.4, -0.2) is 23.6 Å². The lowest BCUT2D eigenvalue weighted by Gasteiger charge is -2.08. The molecule has 0 unspecified atom stereocenters. The second-order valence-electron chi connectivity index (χ2n) is 6.58. The predicted octanol–water partition coefficient (Wildman–Crippen LogP) is 5.12. The average molecular weight is 389 g/mol. The van der Waals surface area contributed by atoms with E-state index < -0.39 is 0 Å². The molecular weight excluding hydrogens is 369 g/mol. The molecule has 0 saturated heterocycles. The molecule has 3 aromatic carbocycles. The second kappa shape index (κ2) is 8.61. The van der Waals surface area contributed by atoms with E-state index in [0.29, 0.717) is 30.2 Å². The lowest BCUT2D eigenvalue weighted by molar-refractivity contribution is 0.0923. The highest BCUT2D eigenvalue weighted by molar-refractivity contribution is 6.08. The summed E-state index contributed by atoms with van der Waals surface area (Å²) in [4.78, 5) is 12.8. The van der Waals surface area contributed by atoms with E-state index in [1.807, 2.05) is 65.4 Å². The zero-order chi connectivity index (χ0) is 20.1. The van der Waals surface area contributed by atoms with Gasteiger partial charge in [-0.25, -0.2) is 4.39 Å². The first-order valence-electron chi connectivity index (χ1n) is 9.38. The molecule has 5 heteroatoms. The van der Waals surface area contributed by atoms with Crippen LogP contribution in [0.15, 0.2) is 85.1 Å². The lowest BCUT2D eigenvalue weighted by Crippen LogP contribution is -2.11. The number of nitrogens with zero attached hydrogens (tertiary/aromatic N) is 1. The van der Waals surface area contributed by atoms with Gasteiger partial charge in [-0.3, -0.25) is 4.79 Å². The summed E-state index contributed by atoms with van der Waals surface area (Å²) in [6, 6.07) is 23.0. The topological polar surface area (TPSA) is 40.5 Å². The number of carbonyl (C=O) groups is 1. The van der Waals surface area contributed by atoms with Gasteiger partial charge in [0.1, 0.15) is 23.9 Å². The van der Waals surface area contributed by atoms with Gasteiger partial charge in [-0.05, 0) is 42.5 Å². The average Bonchev–Trinajstić information content (AvgIpc) is 3.13. The number of ketones is 1. The molecule has 0 amide bonds. The monoisotopic (exact) mass is 389 g/mol. The highest BCUT2D eigenvalue weighted by Gasteiger charge is 2.15. The maximum Gasteiger partial charge on any atom is 0.202 e. The number of para-hydroxylation sites is 2. The molecule has 0 aliphatic heterocycles. The zero-order valence-electron chi connectivity index (χ0n) is 15.8. The van der Waals surface area contributed by atoms with Gasteiger partial charge in [0.05, 0.1) is 6.54 Å². The van der Waals surface area contributed by atoms with E-state index in [4.69, 9.17) is 9.47 Å². The van der Waals surface area contributed by atoms with Crippen molar-refractivity contribution in [2.75, 3.05) is 13.2 Å². The molecule has 4 aromatic rings. The van der Waals surface area contributed by atoms with Gasteiger partial charge in [-0.2, -0.15) is 0 Å². The van der Waals surface area contributed by atoms with Crippen LogP contribution in [0, 0.1) is 5.82 Å². The van der Waals surface area contributed by atoms with Gasteiger partial charge in [-0.15, -0.1) is 0 Å². The summed E-state index contributed by atoms with van der Waals surface area (Å²) in [7, 11) is 0. The summed E-state index contributed by atoms with van der Waals surface area (Å²) in [5.41, 5.74) is 1.58. The van der Waals surface area contributed by atoms with E-state index in [2.05, 4.69) is 0 Å². The van der Waals surface area contributed by atoms with E-state index >= 15 is 0 Å². The van der Waals surface area contributed by atoms with E-state index in [0.717, 1.165) is 10.9 Å². The Labute approximate surface area is 168 Å². The molecule has 0 atom stereocenters. The summed E-state index contributed by atoms with van der Waals surface area (Å²) in [5.74, 6) is 0.894. The first-order valence-corrected chi connectivity index (χ1v) is 9.38. The molecule has 0 spiro atoms. The van der Waals surface area contributed by atoms with Crippen LogP contribution in [0.3, 0.4) is 0 Å². The van der Waals surface area contributed by atoms with Crippen molar-refractivity contribution < 1.29 is 18.7 Å². The molecule has 0 aliphatic carbocycles. The summed E-state index contributed by atoms with van der Waals surface area (Å²) in [6.07, 6.45) is 1.84. The molecule has 0 bridgehead atoms. The molecule has 1 heterocycles. The summed E-state index contributed by atoms with van der Waals surface area (Å²) in [6.45, 7) is 0.938. The first-order chi connectivity index (χ1) is 14.2. The molecule has 0 N–H and O–H groups in total. The highest BCUT2D eigenvalue weighted by atomic mass is 19.1. The SMILES string of the molecule is O=C(COc1ccccc1)c1cn(CCOc2ccc(F)cc2)c2ccccc12. The van der Waals surface area contributed by atoms with Crippen LogP contribution in [0.2, 0.25) is 0 Å². The number of halogens is 1. The van der Waals surface area contributed by atoms with Gasteiger partial charge < -0.3 is 14.0 Å². The van der Waals surface area contributed by atoms with Crippen LogP contribution in [0.5, 0.6) is 11.5 Å². The molecule has 0 saturated carbocycles. The van der Waals surface area contributed by atoms with E-state index in [-0.39, 0.29) is 18.2 Å². The van der Waals surface area contributed by atoms with E-state index in [1.165, 1.54) is 12.1 Å². The third-order valence-electron chi connectivity index (χ3n) is 4.62. The highest BCUT2D eigenvalue weighted by Crippen LogP contribution is 2.22. The Morgan fingerprint density at radius 2 is 1.52 bits per heavy atom. The molecular formula is C24H20FNO3. The molecule has 4 nitrogen and oxygen atoms in total. The summed E-state index contributed by atoms with van der Waals surface area (Å²) in [5, 5.41) is 0.885. The number of hydrogen-bond acceptors (Lipinski definition) is 3. The number of ether oxygens (including phenoxy) is 2. The maximum atomic E-state index is 13.0. The van der Waals surface area contributed by atoms with Gasteiger partial charge in [-0.1, -0.05) is 36.4 Å². The van der Waals surface area contributed by atoms with Crippen LogP contribution in [0.4, 0.5) is 4.39 Å². The Morgan fingerprint density at radius 1 is 0.828 bits per heavy atom. The third-order valence-corrected chi connectivity index (χ3v) is 4.62. The molecule has 1 aromatic heterocycles. The third kappa shape index (κ3) is 4.46. The number of carbonyl (C=O) groups excluding carboxylic acids is 1. The second-order valence-corrected chi connectivity index (χ2v) is 6.58. The molecule has 0 fully saturated rings. The van der Waals surface area contributed by atoms with Crippen LogP contribution < -0.4 is 9.47 Å². The Hall–Kier alpha value is -3.60. The van der Waals surface area contributed by atoms with Crippen molar-refractivity contribution in [1.29, 1.82) is 0 Å². The van der Waals surface area contributed by atoms with Crippen molar-refractivity contribution >= 4 is 16.7 Å². The Balaban J connectivity index is 1.47. The fourth-order valence-corrected chi connectivity index (χ4v) is 3.19. The predicted molar refractivity (Wildman–Crippen MR) is 110 cm³/mol. The number of hydrogen-bond donors (Lipinski definition) is 0. The molecule has 146 valence electrons. The van der Waals surface area contributed by atoms with Gasteiger partial charge in [0.15, 0.2) is 6.61 Å². The minimum absolute atomic E-state index is 0.0237. The fraction of sp³-hybridized carbons (Fsp3) is 0.125. The number of Topliss-reactive ketones (excluding diaryl/α,β-unsaturated/α-hetero) is 1. The molecule has 0 radical (unpaired) electrons. The molecule has 4 rings (SSSR count). The first kappa shape index (κ1) is 18.7. The number of fused-ring (bicyclic) bond motifs is 1. The van der Waals surface area contributed by atoms with E-state index in [9.17, 15) is 9.18 Å². The van der Waals surface area contributed by atoms with Gasteiger partial charge in [0, 0.05) is 22.7 Å². The van der Waals surface area contributed by atoms with Crippen molar-refractivity contribution in [2.24, 2.45) is 0 Å². The van der Waals surface area contributed by atoms with Gasteiger partial charge in [0.25, 0.3) is 0 Å². The van der Waals surface area contributed by atoms with Crippen molar-refractivity contribution in [2.45, 2.75) is 6.54 Å². The van der Waals surface area contributed by atoms with Crippen molar-refractivity contribution in [3.05, 3.63) is 96.4 Å². The number of rotatable bonds is 8. The largest absolute Gasteiger partial charge is 0.492 e. The molecule has 29 heavy (non-hydrogen) atoms. The summed E-state index contributed by atoms with van der Waals surface area (Å²) >= 11 is 0. The van der Waals surface area contributed by atoms with Crippen LogP contribution in [0.25, 0.3) is 10.9 Å². The minimum atomic E-state index is -0.297. The van der Waals surface area contributed by atoms with Gasteiger partial charge in [0.2, 0.25) is 5.78 Å². The van der Waals surface area contributed by atoms with Crippen LogP contribution in [0.1, 0.15) is 10.4 Å².